The Hall–Kier alpha value is -3.93. The Morgan fingerprint density at radius 3 is 0.889 bits per heavy atom. The summed E-state index contributed by atoms with van der Waals surface area (Å²) in [5.41, 5.74) is 0. The van der Waals surface area contributed by atoms with Gasteiger partial charge in [0.1, 0.15) is 13.2 Å². The maximum absolute atomic E-state index is 12.8. The zero-order chi connectivity index (χ0) is 45.8. The molecule has 0 aromatic carbocycles. The van der Waals surface area contributed by atoms with Crippen molar-refractivity contribution < 1.29 is 28.6 Å². The van der Waals surface area contributed by atoms with E-state index in [-0.39, 0.29) is 31.1 Å². The lowest BCUT2D eigenvalue weighted by atomic mass is 10.1. The van der Waals surface area contributed by atoms with Crippen molar-refractivity contribution in [3.05, 3.63) is 109 Å². The Morgan fingerprint density at radius 1 is 0.317 bits per heavy atom. The van der Waals surface area contributed by atoms with Crippen LogP contribution in [0.15, 0.2) is 109 Å². The van der Waals surface area contributed by atoms with Gasteiger partial charge in [-0.05, 0) is 116 Å². The summed E-state index contributed by atoms with van der Waals surface area (Å²) >= 11 is 0. The van der Waals surface area contributed by atoms with Gasteiger partial charge in [0.25, 0.3) is 0 Å². The smallest absolute Gasteiger partial charge is 0.306 e. The Labute approximate surface area is 387 Å². The molecule has 0 atom stereocenters. The SMILES string of the molecule is CC/C=C\C/C=C/C/C=C/CCCCCCCC(=O)OC(COC(=O)CCCCCCC/C=C/C/C=C/C/C=C/CC)COC(=O)CCCCCCC/C=C/C/C=C/C/C=C/CC. The summed E-state index contributed by atoms with van der Waals surface area (Å²) < 4.78 is 16.8. The van der Waals surface area contributed by atoms with Crippen LogP contribution in [-0.4, -0.2) is 37.2 Å². The molecule has 0 aliphatic heterocycles. The van der Waals surface area contributed by atoms with Crippen molar-refractivity contribution in [2.75, 3.05) is 13.2 Å². The van der Waals surface area contributed by atoms with Crippen LogP contribution in [0.2, 0.25) is 0 Å². The van der Waals surface area contributed by atoms with Crippen LogP contribution in [-0.2, 0) is 28.6 Å². The van der Waals surface area contributed by atoms with E-state index in [1.54, 1.807) is 0 Å². The van der Waals surface area contributed by atoms with Crippen molar-refractivity contribution in [3.8, 4) is 0 Å². The number of allylic oxidation sites excluding steroid dienone is 18. The van der Waals surface area contributed by atoms with E-state index >= 15 is 0 Å². The lowest BCUT2D eigenvalue weighted by Crippen LogP contribution is -2.30. The highest BCUT2D eigenvalue weighted by Gasteiger charge is 2.19. The standard InChI is InChI=1S/C57H92O6/c1-4-7-10-13-16-19-22-25-28-31-34-37-40-43-46-49-55(58)61-52-54(63-57(60)51-48-45-42-39-36-33-30-27-24-21-18-15-12-9-6-3)53-62-56(59)50-47-44-41-38-35-32-29-26-23-20-17-14-11-8-5-2/h7-12,16-21,25-30,54H,4-6,13-15,22-24,31-53H2,1-3H3/b10-7+,11-8+,12-9-,19-16+,20-17+,21-18+,28-25+,29-26+,30-27+. The molecular formula is C57H92O6. The van der Waals surface area contributed by atoms with Gasteiger partial charge in [0, 0.05) is 19.3 Å². The molecule has 6 nitrogen and oxygen atoms in total. The number of hydrogen-bond donors (Lipinski definition) is 0. The van der Waals surface area contributed by atoms with Crippen LogP contribution in [0, 0.1) is 0 Å². The number of unbranched alkanes of at least 4 members (excludes halogenated alkanes) is 15. The number of hydrogen-bond acceptors (Lipinski definition) is 6. The topological polar surface area (TPSA) is 78.9 Å². The summed E-state index contributed by atoms with van der Waals surface area (Å²) in [5, 5.41) is 0. The molecular weight excluding hydrogens is 781 g/mol. The van der Waals surface area contributed by atoms with Crippen molar-refractivity contribution in [2.24, 2.45) is 0 Å². The molecule has 0 aliphatic carbocycles. The molecule has 0 rings (SSSR count). The van der Waals surface area contributed by atoms with Crippen molar-refractivity contribution in [2.45, 2.75) is 219 Å². The third-order valence-corrected chi connectivity index (χ3v) is 10.3. The molecule has 0 heterocycles. The van der Waals surface area contributed by atoms with Crippen LogP contribution in [0.1, 0.15) is 213 Å². The molecule has 356 valence electrons. The summed E-state index contributed by atoms with van der Waals surface area (Å²) in [4.78, 5) is 38.0. The molecule has 6 heteroatoms. The number of ether oxygens (including phenoxy) is 3. The monoisotopic (exact) mass is 873 g/mol. The summed E-state index contributed by atoms with van der Waals surface area (Å²) in [6.07, 6.45) is 67.8. The molecule has 0 saturated carbocycles. The average molecular weight is 873 g/mol. The molecule has 0 radical (unpaired) electrons. The van der Waals surface area contributed by atoms with Gasteiger partial charge in [-0.15, -0.1) is 0 Å². The Morgan fingerprint density at radius 2 is 0.571 bits per heavy atom. The van der Waals surface area contributed by atoms with Crippen molar-refractivity contribution in [1.82, 2.24) is 0 Å². The van der Waals surface area contributed by atoms with Crippen LogP contribution < -0.4 is 0 Å². The van der Waals surface area contributed by atoms with Gasteiger partial charge >= 0.3 is 17.9 Å². The van der Waals surface area contributed by atoms with Gasteiger partial charge in [-0.1, -0.05) is 188 Å². The zero-order valence-corrected chi connectivity index (χ0v) is 40.5. The third kappa shape index (κ3) is 49.0. The summed E-state index contributed by atoms with van der Waals surface area (Å²) in [6.45, 7) is 6.24. The second kappa shape index (κ2) is 50.7. The minimum Gasteiger partial charge on any atom is -0.462 e. The molecule has 0 aromatic rings. The minimum absolute atomic E-state index is 0.102. The molecule has 0 fully saturated rings. The second-order valence-corrected chi connectivity index (χ2v) is 16.3. The first-order valence-corrected chi connectivity index (χ1v) is 25.4. The maximum Gasteiger partial charge on any atom is 0.306 e. The Bertz CT molecular complexity index is 1260. The fourth-order valence-corrected chi connectivity index (χ4v) is 6.54. The number of rotatable bonds is 44. The molecule has 63 heavy (non-hydrogen) atoms. The van der Waals surface area contributed by atoms with Gasteiger partial charge in [0.15, 0.2) is 6.10 Å². The molecule has 0 saturated heterocycles. The predicted octanol–water partition coefficient (Wildman–Crippen LogP) is 16.8. The normalized spacial score (nSPS) is 12.6. The Kier molecular flexibility index (Phi) is 47.5. The first-order valence-electron chi connectivity index (χ1n) is 25.4. The van der Waals surface area contributed by atoms with Gasteiger partial charge in [-0.25, -0.2) is 0 Å². The lowest BCUT2D eigenvalue weighted by Gasteiger charge is -2.18. The van der Waals surface area contributed by atoms with E-state index in [1.165, 1.54) is 0 Å². The van der Waals surface area contributed by atoms with Gasteiger partial charge in [0.05, 0.1) is 0 Å². The first kappa shape index (κ1) is 59.1. The molecule has 0 aromatic heterocycles. The van der Waals surface area contributed by atoms with Gasteiger partial charge in [-0.2, -0.15) is 0 Å². The minimum atomic E-state index is -0.803. The van der Waals surface area contributed by atoms with Crippen molar-refractivity contribution in [3.63, 3.8) is 0 Å². The highest BCUT2D eigenvalue weighted by atomic mass is 16.6. The second-order valence-electron chi connectivity index (χ2n) is 16.3. The highest BCUT2D eigenvalue weighted by Crippen LogP contribution is 2.13. The van der Waals surface area contributed by atoms with Gasteiger partial charge in [-0.3, -0.25) is 14.4 Å². The van der Waals surface area contributed by atoms with E-state index in [2.05, 4.69) is 130 Å². The van der Waals surface area contributed by atoms with Crippen LogP contribution in [0.4, 0.5) is 0 Å². The quantitative estimate of drug-likeness (QED) is 0.0263. The average Bonchev–Trinajstić information content (AvgIpc) is 3.28. The zero-order valence-electron chi connectivity index (χ0n) is 40.5. The lowest BCUT2D eigenvalue weighted by molar-refractivity contribution is -0.167. The van der Waals surface area contributed by atoms with E-state index < -0.39 is 6.10 Å². The Balaban J connectivity index is 4.49. The van der Waals surface area contributed by atoms with E-state index in [0.29, 0.717) is 19.3 Å². The van der Waals surface area contributed by atoms with E-state index in [1.807, 2.05) is 0 Å². The number of esters is 3. The fraction of sp³-hybridized carbons (Fsp3) is 0.632. The fourth-order valence-electron chi connectivity index (χ4n) is 6.54. The highest BCUT2D eigenvalue weighted by molar-refractivity contribution is 5.71. The maximum atomic E-state index is 12.8. The van der Waals surface area contributed by atoms with Crippen LogP contribution >= 0.6 is 0 Å². The van der Waals surface area contributed by atoms with E-state index in [9.17, 15) is 14.4 Å². The first-order chi connectivity index (χ1) is 31.0. The van der Waals surface area contributed by atoms with Crippen LogP contribution in [0.25, 0.3) is 0 Å². The third-order valence-electron chi connectivity index (χ3n) is 10.3. The molecule has 0 aliphatic rings. The van der Waals surface area contributed by atoms with Gasteiger partial charge in [0.2, 0.25) is 0 Å². The molecule has 0 N–H and O–H groups in total. The molecule has 0 amide bonds. The van der Waals surface area contributed by atoms with Gasteiger partial charge < -0.3 is 14.2 Å². The van der Waals surface area contributed by atoms with Crippen LogP contribution in [0.5, 0.6) is 0 Å². The summed E-state index contributed by atoms with van der Waals surface area (Å²) in [6, 6.07) is 0. The van der Waals surface area contributed by atoms with Crippen molar-refractivity contribution >= 4 is 17.9 Å². The van der Waals surface area contributed by atoms with E-state index in [4.69, 9.17) is 14.2 Å². The van der Waals surface area contributed by atoms with E-state index in [0.717, 1.165) is 173 Å². The molecule has 0 unspecified atom stereocenters. The molecule has 0 spiro atoms. The van der Waals surface area contributed by atoms with Crippen molar-refractivity contribution in [1.29, 1.82) is 0 Å². The number of carbonyl (C=O) groups excluding carboxylic acids is 3. The predicted molar refractivity (Wildman–Crippen MR) is 270 cm³/mol. The largest absolute Gasteiger partial charge is 0.462 e. The number of carbonyl (C=O) groups is 3. The molecule has 0 bridgehead atoms. The van der Waals surface area contributed by atoms with Crippen LogP contribution in [0.3, 0.4) is 0 Å². The summed E-state index contributed by atoms with van der Waals surface area (Å²) in [5.74, 6) is -0.958. The summed E-state index contributed by atoms with van der Waals surface area (Å²) in [7, 11) is 0.